The van der Waals surface area contributed by atoms with Crippen molar-refractivity contribution in [1.29, 1.82) is 0 Å². The lowest BCUT2D eigenvalue weighted by Gasteiger charge is -2.40. The van der Waals surface area contributed by atoms with Crippen molar-refractivity contribution in [3.8, 4) is 5.75 Å². The number of anilines is 1. The first-order valence-corrected chi connectivity index (χ1v) is 13.3. The van der Waals surface area contributed by atoms with Crippen LogP contribution in [0.2, 0.25) is 0 Å². The average molecular weight is 490 g/mol. The van der Waals surface area contributed by atoms with Crippen molar-refractivity contribution in [2.24, 2.45) is 0 Å². The van der Waals surface area contributed by atoms with Crippen LogP contribution in [-0.2, 0) is 6.42 Å². The molecule has 3 saturated heterocycles. The molecule has 3 atom stereocenters. The molecule has 8 heteroatoms. The lowest BCUT2D eigenvalue weighted by atomic mass is 9.96. The zero-order valence-corrected chi connectivity index (χ0v) is 21.1. The number of fused-ring (bicyclic) bond motifs is 3. The van der Waals surface area contributed by atoms with Gasteiger partial charge in [0.05, 0.1) is 12.2 Å². The monoisotopic (exact) mass is 489 g/mol. The van der Waals surface area contributed by atoms with Gasteiger partial charge in [0.1, 0.15) is 11.6 Å². The average Bonchev–Trinajstić information content (AvgIpc) is 3.57. The number of likely N-dealkylation sites (N-methyl/N-ethyl adjacent to an activating group) is 1. The molecule has 2 N–H and O–H groups in total. The summed E-state index contributed by atoms with van der Waals surface area (Å²) in [6.07, 6.45) is 7.61. The van der Waals surface area contributed by atoms with Gasteiger partial charge in [-0.2, -0.15) is 0 Å². The molecule has 0 radical (unpaired) electrons. The summed E-state index contributed by atoms with van der Waals surface area (Å²) in [5, 5.41) is 6.43. The smallest absolute Gasteiger partial charge is 0.253 e. The minimum Gasteiger partial charge on any atom is -0.493 e. The maximum atomic E-state index is 13.1. The molecule has 6 rings (SSSR count). The lowest BCUT2D eigenvalue weighted by Crippen LogP contribution is -2.50. The highest BCUT2D eigenvalue weighted by Gasteiger charge is 2.42. The Kier molecular flexibility index (Phi) is 6.07. The topological polar surface area (TPSA) is 86.8 Å². The van der Waals surface area contributed by atoms with Crippen LogP contribution in [0.25, 0.3) is 0 Å². The third-order valence-corrected chi connectivity index (χ3v) is 8.42. The van der Waals surface area contributed by atoms with E-state index in [0.29, 0.717) is 29.8 Å². The van der Waals surface area contributed by atoms with Crippen molar-refractivity contribution in [1.82, 2.24) is 20.5 Å². The number of hydrogen-bond donors (Lipinski definition) is 2. The van der Waals surface area contributed by atoms with E-state index in [4.69, 9.17) is 4.74 Å². The molecular weight excluding hydrogens is 454 g/mol. The highest BCUT2D eigenvalue weighted by molar-refractivity contribution is 5.97. The number of hydrogen-bond acceptors (Lipinski definition) is 6. The zero-order chi connectivity index (χ0) is 24.8. The molecule has 2 amide bonds. The molecule has 0 aliphatic carbocycles. The van der Waals surface area contributed by atoms with Crippen molar-refractivity contribution < 1.29 is 14.3 Å². The van der Waals surface area contributed by atoms with Crippen LogP contribution in [0.5, 0.6) is 5.75 Å². The van der Waals surface area contributed by atoms with E-state index in [0.717, 1.165) is 68.7 Å². The molecular formula is C28H35N5O3. The highest BCUT2D eigenvalue weighted by Crippen LogP contribution is 2.39. The Morgan fingerprint density at radius 3 is 2.47 bits per heavy atom. The van der Waals surface area contributed by atoms with Crippen LogP contribution in [-0.4, -0.2) is 72.6 Å². The molecule has 2 unspecified atom stereocenters. The zero-order valence-electron chi connectivity index (χ0n) is 21.1. The van der Waals surface area contributed by atoms with Crippen LogP contribution in [0.3, 0.4) is 0 Å². The summed E-state index contributed by atoms with van der Waals surface area (Å²) in [5.74, 6) is 1.75. The Morgan fingerprint density at radius 1 is 1.00 bits per heavy atom. The number of aromatic nitrogens is 1. The molecule has 1 aromatic carbocycles. The van der Waals surface area contributed by atoms with E-state index in [-0.39, 0.29) is 23.9 Å². The molecule has 0 spiro atoms. The lowest BCUT2D eigenvalue weighted by molar-refractivity contribution is 0.0922. The number of benzene rings is 1. The van der Waals surface area contributed by atoms with Gasteiger partial charge in [0, 0.05) is 54.5 Å². The number of pyridine rings is 1. The van der Waals surface area contributed by atoms with E-state index in [1.54, 1.807) is 6.20 Å². The van der Waals surface area contributed by atoms with Crippen molar-refractivity contribution in [2.45, 2.75) is 69.6 Å². The molecule has 1 aromatic heterocycles. The van der Waals surface area contributed by atoms with Crippen LogP contribution in [0.15, 0.2) is 30.5 Å². The van der Waals surface area contributed by atoms with Crippen LogP contribution < -0.4 is 20.3 Å². The number of ether oxygens (including phenoxy) is 1. The van der Waals surface area contributed by atoms with Gasteiger partial charge in [-0.25, -0.2) is 4.98 Å². The van der Waals surface area contributed by atoms with E-state index in [1.807, 2.05) is 31.2 Å². The van der Waals surface area contributed by atoms with Crippen LogP contribution >= 0.6 is 0 Å². The van der Waals surface area contributed by atoms with Crippen LogP contribution in [0.1, 0.15) is 63.9 Å². The van der Waals surface area contributed by atoms with Gasteiger partial charge < -0.3 is 25.2 Å². The Bertz CT molecular complexity index is 1150. The molecule has 0 saturated carbocycles. The van der Waals surface area contributed by atoms with E-state index >= 15 is 0 Å². The Hall–Kier alpha value is -3.13. The highest BCUT2D eigenvalue weighted by atomic mass is 16.5. The van der Waals surface area contributed by atoms with Crippen LogP contribution in [0.4, 0.5) is 5.82 Å². The molecule has 2 bridgehead atoms. The first kappa shape index (κ1) is 23.3. The van der Waals surface area contributed by atoms with Gasteiger partial charge >= 0.3 is 0 Å². The number of piperidine rings is 1. The largest absolute Gasteiger partial charge is 0.493 e. The van der Waals surface area contributed by atoms with Crippen molar-refractivity contribution >= 4 is 17.6 Å². The molecule has 36 heavy (non-hydrogen) atoms. The Morgan fingerprint density at radius 2 is 1.78 bits per heavy atom. The number of likely N-dealkylation sites (tertiary alicyclic amines) is 1. The SMILES string of the molecule is Cc1c(C(=O)NC2CC3CCC(C2)N3c2ccc(C(=O)N[C@H]3CCN(C)C3)cn2)ccc2c1OCC2. The fourth-order valence-corrected chi connectivity index (χ4v) is 6.58. The predicted molar refractivity (Wildman–Crippen MR) is 138 cm³/mol. The molecule has 3 fully saturated rings. The second kappa shape index (κ2) is 9.39. The van der Waals surface area contributed by atoms with Crippen molar-refractivity contribution in [3.63, 3.8) is 0 Å². The summed E-state index contributed by atoms with van der Waals surface area (Å²) >= 11 is 0. The summed E-state index contributed by atoms with van der Waals surface area (Å²) in [5.41, 5.74) is 3.45. The first-order valence-electron chi connectivity index (χ1n) is 13.3. The molecule has 2 aromatic rings. The fourth-order valence-electron chi connectivity index (χ4n) is 6.58. The minimum absolute atomic E-state index is 0.00871. The molecule has 8 nitrogen and oxygen atoms in total. The minimum atomic E-state index is -0.0500. The number of carbonyl (C=O) groups is 2. The van der Waals surface area contributed by atoms with Gasteiger partial charge in [0.15, 0.2) is 0 Å². The fraction of sp³-hybridized carbons (Fsp3) is 0.536. The molecule has 5 heterocycles. The number of carbonyl (C=O) groups excluding carboxylic acids is 2. The molecule has 4 aliphatic rings. The van der Waals surface area contributed by atoms with Crippen molar-refractivity contribution in [3.05, 3.63) is 52.7 Å². The van der Waals surface area contributed by atoms with Crippen molar-refractivity contribution in [2.75, 3.05) is 31.6 Å². The third-order valence-electron chi connectivity index (χ3n) is 8.42. The number of nitrogens with zero attached hydrogens (tertiary/aromatic N) is 3. The summed E-state index contributed by atoms with van der Waals surface area (Å²) in [6.45, 7) is 4.59. The number of nitrogens with one attached hydrogen (secondary N) is 2. The molecule has 4 aliphatic heterocycles. The van der Waals surface area contributed by atoms with E-state index in [9.17, 15) is 9.59 Å². The normalized spacial score (nSPS) is 27.0. The van der Waals surface area contributed by atoms with Gasteiger partial charge in [0.25, 0.3) is 11.8 Å². The van der Waals surface area contributed by atoms with E-state index in [2.05, 4.69) is 32.5 Å². The van der Waals surface area contributed by atoms with Gasteiger partial charge in [-0.3, -0.25) is 9.59 Å². The predicted octanol–water partition coefficient (Wildman–Crippen LogP) is 2.69. The third kappa shape index (κ3) is 4.32. The standard InChI is InChI=1S/C28H35N5O3/c1-17-24(7-3-18-10-12-36-26(17)18)28(35)31-21-13-22-5-6-23(14-21)33(22)25-8-4-19(15-29-25)27(34)30-20-9-11-32(2)16-20/h3-4,7-8,15,20-23H,5-6,9-14,16H2,1-2H3,(H,30,34)(H,31,35)/t20-,21?,22?,23?/m0/s1. The number of amides is 2. The second-order valence-electron chi connectivity index (χ2n) is 10.9. The second-order valence-corrected chi connectivity index (χ2v) is 10.9. The maximum absolute atomic E-state index is 13.1. The van der Waals surface area contributed by atoms with Gasteiger partial charge in [-0.1, -0.05) is 6.07 Å². The van der Waals surface area contributed by atoms with E-state index in [1.165, 1.54) is 5.56 Å². The summed E-state index contributed by atoms with van der Waals surface area (Å²) in [4.78, 5) is 35.1. The van der Waals surface area contributed by atoms with E-state index < -0.39 is 0 Å². The van der Waals surface area contributed by atoms with Gasteiger partial charge in [-0.05, 0) is 76.4 Å². The summed E-state index contributed by atoms with van der Waals surface area (Å²) in [6, 6.07) is 8.89. The van der Waals surface area contributed by atoms with Gasteiger partial charge in [0.2, 0.25) is 0 Å². The van der Waals surface area contributed by atoms with Crippen LogP contribution in [0, 0.1) is 6.92 Å². The maximum Gasteiger partial charge on any atom is 0.253 e. The summed E-state index contributed by atoms with van der Waals surface area (Å²) < 4.78 is 5.76. The number of rotatable bonds is 5. The Labute approximate surface area is 212 Å². The summed E-state index contributed by atoms with van der Waals surface area (Å²) in [7, 11) is 2.08. The molecule has 190 valence electrons. The first-order chi connectivity index (χ1) is 17.5. The van der Waals surface area contributed by atoms with Gasteiger partial charge in [-0.15, -0.1) is 0 Å². The Balaban J connectivity index is 1.08. The quantitative estimate of drug-likeness (QED) is 0.672.